The molecule has 2 aliphatic heterocycles. The highest BCUT2D eigenvalue weighted by molar-refractivity contribution is 5.18. The van der Waals surface area contributed by atoms with E-state index in [4.69, 9.17) is 0 Å². The molecule has 2 aliphatic rings. The first-order valence-electron chi connectivity index (χ1n) is 9.58. The second-order valence-corrected chi connectivity index (χ2v) is 7.72. The lowest BCUT2D eigenvalue weighted by Gasteiger charge is -2.34. The SMILES string of the molecule is C=CC(F)(C(F)N1CCC(C(=C)C(F)(F)C(F)N2CCCCCC2)C1)C(F)(F)F. The normalized spacial score (nSPS) is 27.1. The van der Waals surface area contributed by atoms with Crippen molar-refractivity contribution in [1.29, 1.82) is 0 Å². The molecule has 0 aromatic rings. The summed E-state index contributed by atoms with van der Waals surface area (Å²) in [5, 5.41) is 0. The maximum Gasteiger partial charge on any atom is 0.430 e. The Morgan fingerprint density at radius 2 is 1.41 bits per heavy atom. The molecule has 0 bridgehead atoms. The summed E-state index contributed by atoms with van der Waals surface area (Å²) in [6.45, 7) is 5.32. The van der Waals surface area contributed by atoms with Crippen molar-refractivity contribution in [3.05, 3.63) is 24.8 Å². The minimum absolute atomic E-state index is 0.169. The molecular formula is C19H26F8N2. The first-order valence-corrected chi connectivity index (χ1v) is 9.58. The molecule has 2 rings (SSSR count). The predicted molar refractivity (Wildman–Crippen MR) is 93.7 cm³/mol. The summed E-state index contributed by atoms with van der Waals surface area (Å²) in [4.78, 5) is 1.52. The van der Waals surface area contributed by atoms with Gasteiger partial charge in [-0.3, -0.25) is 9.80 Å². The van der Waals surface area contributed by atoms with Crippen LogP contribution in [-0.2, 0) is 0 Å². The Hall–Kier alpha value is -1.16. The summed E-state index contributed by atoms with van der Waals surface area (Å²) in [7, 11) is 0. The van der Waals surface area contributed by atoms with E-state index in [1.54, 1.807) is 0 Å². The van der Waals surface area contributed by atoms with Crippen LogP contribution in [0, 0.1) is 5.92 Å². The van der Waals surface area contributed by atoms with Crippen LogP contribution in [-0.4, -0.2) is 66.3 Å². The van der Waals surface area contributed by atoms with Crippen molar-refractivity contribution in [3.8, 4) is 0 Å². The van der Waals surface area contributed by atoms with Crippen molar-refractivity contribution in [3.63, 3.8) is 0 Å². The molecule has 168 valence electrons. The number of likely N-dealkylation sites (tertiary alicyclic amines) is 2. The largest absolute Gasteiger partial charge is 0.430 e. The van der Waals surface area contributed by atoms with Crippen LogP contribution in [0.3, 0.4) is 0 Å². The molecule has 0 aromatic carbocycles. The number of hydrogen-bond donors (Lipinski definition) is 0. The number of nitrogens with zero attached hydrogens (tertiary/aromatic N) is 2. The van der Waals surface area contributed by atoms with Crippen LogP contribution in [0.2, 0.25) is 0 Å². The Labute approximate surface area is 165 Å². The van der Waals surface area contributed by atoms with Gasteiger partial charge in [-0.25, -0.2) is 13.2 Å². The van der Waals surface area contributed by atoms with Gasteiger partial charge in [-0.2, -0.15) is 22.0 Å². The average Bonchev–Trinajstić information content (AvgIpc) is 2.99. The molecular weight excluding hydrogens is 408 g/mol. The predicted octanol–water partition coefficient (Wildman–Crippen LogP) is 5.42. The molecule has 0 radical (unpaired) electrons. The lowest BCUT2D eigenvalue weighted by atomic mass is 9.93. The van der Waals surface area contributed by atoms with Gasteiger partial charge in [-0.1, -0.05) is 26.0 Å². The molecule has 29 heavy (non-hydrogen) atoms. The molecule has 0 saturated carbocycles. The van der Waals surface area contributed by atoms with Crippen LogP contribution in [0.25, 0.3) is 0 Å². The van der Waals surface area contributed by atoms with Gasteiger partial charge in [-0.15, -0.1) is 0 Å². The highest BCUT2D eigenvalue weighted by Gasteiger charge is 2.62. The monoisotopic (exact) mass is 434 g/mol. The van der Waals surface area contributed by atoms with E-state index < -0.39 is 54.9 Å². The van der Waals surface area contributed by atoms with Crippen LogP contribution < -0.4 is 0 Å². The van der Waals surface area contributed by atoms with E-state index in [0.29, 0.717) is 17.7 Å². The molecule has 0 spiro atoms. The summed E-state index contributed by atoms with van der Waals surface area (Å²) in [6.07, 6.45) is -8.85. The Morgan fingerprint density at radius 1 is 0.862 bits per heavy atom. The molecule has 10 heteroatoms. The summed E-state index contributed by atoms with van der Waals surface area (Å²) < 4.78 is 111. The molecule has 4 unspecified atom stereocenters. The lowest BCUT2D eigenvalue weighted by Crippen LogP contribution is -2.54. The number of hydrogen-bond acceptors (Lipinski definition) is 2. The topological polar surface area (TPSA) is 6.48 Å². The fourth-order valence-corrected chi connectivity index (χ4v) is 3.87. The quantitative estimate of drug-likeness (QED) is 0.300. The maximum atomic E-state index is 14.7. The van der Waals surface area contributed by atoms with E-state index in [1.165, 1.54) is 0 Å². The summed E-state index contributed by atoms with van der Waals surface area (Å²) in [5.41, 5.74) is -5.14. The molecule has 4 atom stereocenters. The molecule has 2 saturated heterocycles. The molecule has 2 nitrogen and oxygen atoms in total. The molecule has 0 aromatic heterocycles. The third kappa shape index (κ3) is 4.78. The average molecular weight is 434 g/mol. The first kappa shape index (κ1) is 24.1. The minimum Gasteiger partial charge on any atom is -0.270 e. The fraction of sp³-hybridized carbons (Fsp3) is 0.789. The van der Waals surface area contributed by atoms with E-state index in [2.05, 4.69) is 13.2 Å². The Morgan fingerprint density at radius 3 is 1.90 bits per heavy atom. The number of halogens is 8. The summed E-state index contributed by atoms with van der Waals surface area (Å²) in [6, 6.07) is 0. The van der Waals surface area contributed by atoms with Crippen LogP contribution >= 0.6 is 0 Å². The van der Waals surface area contributed by atoms with Gasteiger partial charge in [0, 0.05) is 31.8 Å². The van der Waals surface area contributed by atoms with Crippen molar-refractivity contribution in [2.45, 2.75) is 62.5 Å². The van der Waals surface area contributed by atoms with E-state index >= 15 is 0 Å². The Balaban J connectivity index is 2.08. The van der Waals surface area contributed by atoms with E-state index in [9.17, 15) is 35.1 Å². The van der Waals surface area contributed by atoms with Gasteiger partial charge in [0.25, 0.3) is 5.67 Å². The number of rotatable bonds is 7. The van der Waals surface area contributed by atoms with Crippen molar-refractivity contribution in [1.82, 2.24) is 9.80 Å². The highest BCUT2D eigenvalue weighted by atomic mass is 19.4. The summed E-state index contributed by atoms with van der Waals surface area (Å²) >= 11 is 0. The van der Waals surface area contributed by atoms with Crippen molar-refractivity contribution < 1.29 is 35.1 Å². The highest BCUT2D eigenvalue weighted by Crippen LogP contribution is 2.44. The van der Waals surface area contributed by atoms with Gasteiger partial charge in [0.1, 0.15) is 0 Å². The maximum absolute atomic E-state index is 14.7. The van der Waals surface area contributed by atoms with Crippen LogP contribution in [0.4, 0.5) is 35.1 Å². The van der Waals surface area contributed by atoms with Crippen molar-refractivity contribution >= 4 is 0 Å². The van der Waals surface area contributed by atoms with Gasteiger partial charge in [0.05, 0.1) is 0 Å². The molecule has 2 heterocycles. The van der Waals surface area contributed by atoms with Gasteiger partial charge in [0.15, 0.2) is 0 Å². The molecule has 0 aliphatic carbocycles. The van der Waals surface area contributed by atoms with E-state index in [0.717, 1.165) is 17.7 Å². The third-order valence-electron chi connectivity index (χ3n) is 5.80. The molecule has 2 fully saturated rings. The minimum atomic E-state index is -5.55. The summed E-state index contributed by atoms with van der Waals surface area (Å²) in [5.74, 6) is -5.11. The lowest BCUT2D eigenvalue weighted by molar-refractivity contribution is -0.247. The zero-order chi connectivity index (χ0) is 22.0. The van der Waals surface area contributed by atoms with E-state index in [-0.39, 0.29) is 25.6 Å². The Bertz CT molecular complexity index is 585. The van der Waals surface area contributed by atoms with E-state index in [1.807, 2.05) is 0 Å². The zero-order valence-corrected chi connectivity index (χ0v) is 16.0. The van der Waals surface area contributed by atoms with Crippen molar-refractivity contribution in [2.75, 3.05) is 26.2 Å². The third-order valence-corrected chi connectivity index (χ3v) is 5.80. The second kappa shape index (κ2) is 8.91. The number of alkyl halides is 8. The van der Waals surface area contributed by atoms with Gasteiger partial charge >= 0.3 is 12.1 Å². The van der Waals surface area contributed by atoms with Crippen molar-refractivity contribution in [2.24, 2.45) is 5.92 Å². The Kier molecular flexibility index (Phi) is 7.41. The molecule has 0 N–H and O–H groups in total. The molecule has 0 amide bonds. The zero-order valence-electron chi connectivity index (χ0n) is 16.0. The smallest absolute Gasteiger partial charge is 0.270 e. The van der Waals surface area contributed by atoms with Crippen LogP contribution in [0.5, 0.6) is 0 Å². The standard InChI is InChI=1S/C19H26F8N2/c1-3-17(22,19(25,26)27)15(20)29-11-8-14(12-29)13(2)18(23,24)16(21)28-9-6-4-5-7-10-28/h3,14-16H,1-2,4-12H2. The van der Waals surface area contributed by atoms with Gasteiger partial charge in [-0.05, 0) is 31.3 Å². The first-order chi connectivity index (χ1) is 13.4. The van der Waals surface area contributed by atoms with Gasteiger partial charge < -0.3 is 0 Å². The van der Waals surface area contributed by atoms with Gasteiger partial charge in [0.2, 0.25) is 12.6 Å². The van der Waals surface area contributed by atoms with Crippen LogP contribution in [0.1, 0.15) is 32.1 Å². The van der Waals surface area contributed by atoms with Crippen LogP contribution in [0.15, 0.2) is 24.8 Å². The fourth-order valence-electron chi connectivity index (χ4n) is 3.87. The second-order valence-electron chi connectivity index (χ2n) is 7.72.